The molecule has 0 saturated heterocycles. The smallest absolute Gasteiger partial charge is 0.265 e. The van der Waals surface area contributed by atoms with Crippen molar-refractivity contribution in [3.05, 3.63) is 48.6 Å². The van der Waals surface area contributed by atoms with Crippen LogP contribution in [0, 0.1) is 16.7 Å². The van der Waals surface area contributed by atoms with E-state index in [1.165, 1.54) is 0 Å². The second kappa shape index (κ2) is 5.63. The Kier molecular flexibility index (Phi) is 4.33. The van der Waals surface area contributed by atoms with E-state index in [-0.39, 0.29) is 11.7 Å². The van der Waals surface area contributed by atoms with E-state index in [4.69, 9.17) is 4.55 Å². The van der Waals surface area contributed by atoms with E-state index in [0.717, 1.165) is 6.42 Å². The molecule has 0 radical (unpaired) electrons. The monoisotopic (exact) mass is 322 g/mol. The summed E-state index contributed by atoms with van der Waals surface area (Å²) in [5.74, 6) is -0.588. The third-order valence-corrected chi connectivity index (χ3v) is 6.06. The molecule has 0 amide bonds. The van der Waals surface area contributed by atoms with Crippen LogP contribution in [0.4, 0.5) is 0 Å². The molecule has 120 valence electrons. The molecule has 2 unspecified atom stereocenters. The Balaban J connectivity index is 0.000000246. The third-order valence-electron chi connectivity index (χ3n) is 5.21. The van der Waals surface area contributed by atoms with E-state index in [2.05, 4.69) is 6.58 Å². The van der Waals surface area contributed by atoms with Crippen LogP contribution in [0.15, 0.2) is 48.6 Å². The standard InChI is InChI=1S/C11H16O4S.C6H6/c1-7-8-4-5-11(9(7)12,10(8,2)3)6-16(13,14)15;1-2-4-6-5-3-1/h8H,1,4-6H2,2-3H3,(H,13,14,15);1-6H. The van der Waals surface area contributed by atoms with E-state index in [0.29, 0.717) is 12.0 Å². The maximum Gasteiger partial charge on any atom is 0.265 e. The van der Waals surface area contributed by atoms with Crippen molar-refractivity contribution >= 4 is 15.9 Å². The summed E-state index contributed by atoms with van der Waals surface area (Å²) in [6.45, 7) is 7.55. The van der Waals surface area contributed by atoms with Crippen molar-refractivity contribution < 1.29 is 17.8 Å². The highest BCUT2D eigenvalue weighted by atomic mass is 32.2. The van der Waals surface area contributed by atoms with Gasteiger partial charge in [0, 0.05) is 0 Å². The number of ketones is 1. The Hall–Kier alpha value is -1.46. The average molecular weight is 322 g/mol. The first-order valence-electron chi connectivity index (χ1n) is 7.30. The molecule has 5 heteroatoms. The zero-order valence-electron chi connectivity index (χ0n) is 13.0. The lowest BCUT2D eigenvalue weighted by Gasteiger charge is -2.34. The molecule has 3 rings (SSSR count). The van der Waals surface area contributed by atoms with E-state index in [1.807, 2.05) is 50.2 Å². The van der Waals surface area contributed by atoms with Crippen molar-refractivity contribution in [1.82, 2.24) is 0 Å². The van der Waals surface area contributed by atoms with Crippen LogP contribution in [0.25, 0.3) is 0 Å². The lowest BCUT2D eigenvalue weighted by Crippen LogP contribution is -2.42. The second-order valence-electron chi connectivity index (χ2n) is 6.63. The van der Waals surface area contributed by atoms with Gasteiger partial charge in [0.1, 0.15) is 0 Å². The minimum atomic E-state index is -4.14. The van der Waals surface area contributed by atoms with Crippen molar-refractivity contribution in [2.24, 2.45) is 16.7 Å². The third kappa shape index (κ3) is 2.75. The van der Waals surface area contributed by atoms with E-state index < -0.39 is 26.7 Å². The van der Waals surface area contributed by atoms with Crippen molar-refractivity contribution in [2.75, 3.05) is 5.75 Å². The number of fused-ring (bicyclic) bond motifs is 2. The van der Waals surface area contributed by atoms with Gasteiger partial charge in [-0.1, -0.05) is 56.8 Å². The molecule has 0 heterocycles. The lowest BCUT2D eigenvalue weighted by atomic mass is 9.70. The number of allylic oxidation sites excluding steroid dienone is 1. The fourth-order valence-electron chi connectivity index (χ4n) is 3.91. The van der Waals surface area contributed by atoms with Crippen LogP contribution >= 0.6 is 0 Å². The summed E-state index contributed by atoms with van der Waals surface area (Å²) in [5.41, 5.74) is -0.848. The molecule has 0 spiro atoms. The number of hydrogen-bond acceptors (Lipinski definition) is 3. The predicted octanol–water partition coefficient (Wildman–Crippen LogP) is 3.12. The molecule has 0 aromatic heterocycles. The van der Waals surface area contributed by atoms with Gasteiger partial charge < -0.3 is 0 Å². The van der Waals surface area contributed by atoms with Crippen LogP contribution in [-0.4, -0.2) is 24.5 Å². The average Bonchev–Trinajstić information content (AvgIpc) is 2.75. The summed E-state index contributed by atoms with van der Waals surface area (Å²) in [4.78, 5) is 12.1. The van der Waals surface area contributed by atoms with Crippen LogP contribution in [0.3, 0.4) is 0 Å². The summed E-state index contributed by atoms with van der Waals surface area (Å²) in [7, 11) is -4.14. The fraction of sp³-hybridized carbons (Fsp3) is 0.471. The fourth-order valence-corrected chi connectivity index (χ4v) is 5.18. The first-order chi connectivity index (χ1) is 10.1. The zero-order valence-corrected chi connectivity index (χ0v) is 13.8. The number of benzene rings is 1. The van der Waals surface area contributed by atoms with Crippen LogP contribution in [0.5, 0.6) is 0 Å². The summed E-state index contributed by atoms with van der Waals surface area (Å²) < 4.78 is 31.2. The van der Waals surface area contributed by atoms with Crippen LogP contribution < -0.4 is 0 Å². The molecule has 22 heavy (non-hydrogen) atoms. The molecular weight excluding hydrogens is 300 g/mol. The van der Waals surface area contributed by atoms with Gasteiger partial charge in [-0.05, 0) is 29.7 Å². The summed E-state index contributed by atoms with van der Waals surface area (Å²) in [5, 5.41) is 0. The van der Waals surface area contributed by atoms with Gasteiger partial charge in [0.2, 0.25) is 0 Å². The van der Waals surface area contributed by atoms with Crippen LogP contribution in [0.2, 0.25) is 0 Å². The molecule has 1 N–H and O–H groups in total. The Morgan fingerprint density at radius 1 is 1.18 bits per heavy atom. The minimum absolute atomic E-state index is 0.0572. The Bertz CT molecular complexity index is 649. The van der Waals surface area contributed by atoms with E-state index in [9.17, 15) is 13.2 Å². The molecule has 1 aromatic rings. The summed E-state index contributed by atoms with van der Waals surface area (Å²) in [6.07, 6.45) is 1.31. The highest BCUT2D eigenvalue weighted by Crippen LogP contribution is 2.65. The first kappa shape index (κ1) is 16.9. The maximum atomic E-state index is 12.1. The quantitative estimate of drug-likeness (QED) is 0.671. The molecule has 0 aliphatic heterocycles. The lowest BCUT2D eigenvalue weighted by molar-refractivity contribution is -0.125. The van der Waals surface area contributed by atoms with E-state index in [1.54, 1.807) is 0 Å². The highest BCUT2D eigenvalue weighted by Gasteiger charge is 2.67. The maximum absolute atomic E-state index is 12.1. The van der Waals surface area contributed by atoms with Gasteiger partial charge in [0.15, 0.2) is 5.78 Å². The van der Waals surface area contributed by atoms with E-state index >= 15 is 0 Å². The molecule has 2 aliphatic rings. The van der Waals surface area contributed by atoms with Crippen molar-refractivity contribution in [1.29, 1.82) is 0 Å². The molecule has 2 atom stereocenters. The van der Waals surface area contributed by atoms with Gasteiger partial charge in [-0.2, -0.15) is 8.42 Å². The van der Waals surface area contributed by atoms with Gasteiger partial charge in [0.05, 0.1) is 11.2 Å². The Morgan fingerprint density at radius 3 is 1.95 bits per heavy atom. The first-order valence-corrected chi connectivity index (χ1v) is 8.91. The number of carbonyl (C=O) groups excluding carboxylic acids is 1. The summed E-state index contributed by atoms with van der Waals surface area (Å²) in [6, 6.07) is 12.0. The number of hydrogen-bond donors (Lipinski definition) is 1. The summed E-state index contributed by atoms with van der Waals surface area (Å²) >= 11 is 0. The molecule has 2 bridgehead atoms. The number of rotatable bonds is 2. The van der Waals surface area contributed by atoms with Gasteiger partial charge in [-0.25, -0.2) is 0 Å². The Labute approximate surface area is 132 Å². The Morgan fingerprint density at radius 2 is 1.64 bits per heavy atom. The molecule has 2 fully saturated rings. The predicted molar refractivity (Wildman–Crippen MR) is 85.9 cm³/mol. The van der Waals surface area contributed by atoms with Gasteiger partial charge in [-0.15, -0.1) is 0 Å². The second-order valence-corrected chi connectivity index (χ2v) is 8.08. The molecular formula is C17H22O4S. The van der Waals surface area contributed by atoms with Crippen molar-refractivity contribution in [2.45, 2.75) is 26.7 Å². The largest absolute Gasteiger partial charge is 0.294 e. The molecule has 2 saturated carbocycles. The van der Waals surface area contributed by atoms with Gasteiger partial charge in [0.25, 0.3) is 10.1 Å². The van der Waals surface area contributed by atoms with Gasteiger partial charge >= 0.3 is 0 Å². The number of Topliss-reactive ketones (excluding diaryl/α,β-unsaturated/α-hetero) is 1. The molecule has 2 aliphatic carbocycles. The SMILES string of the molecule is C=C1C(=O)C2(CS(=O)(=O)O)CCC1C2(C)C.c1ccccc1. The number of carbonyl (C=O) groups is 1. The topological polar surface area (TPSA) is 71.4 Å². The zero-order chi connectivity index (χ0) is 16.6. The van der Waals surface area contributed by atoms with Crippen LogP contribution in [0.1, 0.15) is 26.7 Å². The normalized spacial score (nSPS) is 29.1. The van der Waals surface area contributed by atoms with Crippen molar-refractivity contribution in [3.63, 3.8) is 0 Å². The molecule has 4 nitrogen and oxygen atoms in total. The highest BCUT2D eigenvalue weighted by molar-refractivity contribution is 7.85. The van der Waals surface area contributed by atoms with Gasteiger partial charge in [-0.3, -0.25) is 9.35 Å². The van der Waals surface area contributed by atoms with Crippen molar-refractivity contribution in [3.8, 4) is 0 Å². The molecule has 1 aromatic carbocycles. The van der Waals surface area contributed by atoms with Crippen LogP contribution in [-0.2, 0) is 14.9 Å². The minimum Gasteiger partial charge on any atom is -0.294 e.